The minimum absolute atomic E-state index is 0.297. The van der Waals surface area contributed by atoms with E-state index in [1.165, 1.54) is 12.1 Å². The summed E-state index contributed by atoms with van der Waals surface area (Å²) >= 11 is 23.9. The summed E-state index contributed by atoms with van der Waals surface area (Å²) in [6.45, 7) is 1.99. The molecule has 2 aromatic rings. The van der Waals surface area contributed by atoms with E-state index in [0.717, 1.165) is 6.42 Å². The zero-order valence-electron chi connectivity index (χ0n) is 14.5. The maximum Gasteiger partial charge on any atom is 0.236 e. The molecule has 0 unspecified atom stereocenters. The minimum Gasteiger partial charge on any atom is -0.324 e. The number of hydrogen-bond acceptors (Lipinski definition) is 2. The molecule has 144 valence electrons. The summed E-state index contributed by atoms with van der Waals surface area (Å²) in [4.78, 5) is 25.4. The van der Waals surface area contributed by atoms with Gasteiger partial charge in [0.2, 0.25) is 11.8 Å². The van der Waals surface area contributed by atoms with Gasteiger partial charge in [-0.05, 0) is 42.8 Å². The lowest BCUT2D eigenvalue weighted by Gasteiger charge is -2.18. The third-order valence-corrected chi connectivity index (χ3v) is 4.95. The molecule has 0 spiro atoms. The van der Waals surface area contributed by atoms with E-state index in [1.54, 1.807) is 24.3 Å². The molecule has 0 aromatic heterocycles. The van der Waals surface area contributed by atoms with Gasteiger partial charge >= 0.3 is 0 Å². The largest absolute Gasteiger partial charge is 0.324 e. The van der Waals surface area contributed by atoms with Crippen molar-refractivity contribution in [1.29, 1.82) is 0 Å². The molecule has 0 aliphatic heterocycles. The lowest BCUT2D eigenvalue weighted by Crippen LogP contribution is -2.34. The first-order valence-electron chi connectivity index (χ1n) is 8.33. The quantitative estimate of drug-likeness (QED) is 0.464. The van der Waals surface area contributed by atoms with Gasteiger partial charge in [-0.25, -0.2) is 0 Å². The number of carbonyl (C=O) groups excluding carboxylic acids is 2. The average molecular weight is 448 g/mol. The van der Waals surface area contributed by atoms with Crippen LogP contribution in [0.5, 0.6) is 0 Å². The number of halogens is 4. The van der Waals surface area contributed by atoms with Crippen LogP contribution in [-0.4, -0.2) is 11.8 Å². The third-order valence-electron chi connectivity index (χ3n) is 3.86. The van der Waals surface area contributed by atoms with E-state index in [0.29, 0.717) is 44.3 Å². The highest BCUT2D eigenvalue weighted by Crippen LogP contribution is 2.28. The van der Waals surface area contributed by atoms with Crippen molar-refractivity contribution >= 4 is 69.6 Å². The first-order valence-corrected chi connectivity index (χ1v) is 9.84. The normalized spacial score (nSPS) is 10.7. The van der Waals surface area contributed by atoms with Crippen LogP contribution in [0.1, 0.15) is 26.2 Å². The van der Waals surface area contributed by atoms with E-state index in [-0.39, 0.29) is 0 Å². The molecule has 4 nitrogen and oxygen atoms in total. The standard InChI is InChI=1S/C19H18Cl4N2O2/c1-2-3-4-13(18(26)24-16-7-5-11(20)9-14(16)22)19(27)25-17-8-6-12(21)10-15(17)23/h5-10,13H,2-4H2,1H3,(H,24,26)(H,25,27). The van der Waals surface area contributed by atoms with Gasteiger partial charge in [-0.1, -0.05) is 66.2 Å². The van der Waals surface area contributed by atoms with Crippen LogP contribution >= 0.6 is 46.4 Å². The molecule has 8 heteroatoms. The first kappa shape index (κ1) is 21.8. The van der Waals surface area contributed by atoms with Crippen LogP contribution in [0.3, 0.4) is 0 Å². The van der Waals surface area contributed by atoms with Gasteiger partial charge in [0, 0.05) is 10.0 Å². The Labute approximate surface area is 178 Å². The molecule has 0 fully saturated rings. The Hall–Kier alpha value is -1.46. The summed E-state index contributed by atoms with van der Waals surface area (Å²) in [5.41, 5.74) is 0.787. The van der Waals surface area contributed by atoms with E-state index in [2.05, 4.69) is 10.6 Å². The van der Waals surface area contributed by atoms with Crippen molar-refractivity contribution in [2.45, 2.75) is 26.2 Å². The molecule has 0 bridgehead atoms. The summed E-state index contributed by atoms with van der Waals surface area (Å²) in [6, 6.07) is 9.44. The molecule has 0 radical (unpaired) electrons. The predicted molar refractivity (Wildman–Crippen MR) is 113 cm³/mol. The van der Waals surface area contributed by atoms with Crippen molar-refractivity contribution in [3.63, 3.8) is 0 Å². The van der Waals surface area contributed by atoms with E-state index in [1.807, 2.05) is 6.92 Å². The maximum absolute atomic E-state index is 12.7. The van der Waals surface area contributed by atoms with Gasteiger partial charge in [-0.15, -0.1) is 0 Å². The Balaban J connectivity index is 2.17. The lowest BCUT2D eigenvalue weighted by atomic mass is 9.99. The second-order valence-corrected chi connectivity index (χ2v) is 7.61. The number of rotatable bonds is 7. The third kappa shape index (κ3) is 6.28. The van der Waals surface area contributed by atoms with Gasteiger partial charge in [-0.2, -0.15) is 0 Å². The van der Waals surface area contributed by atoms with Crippen molar-refractivity contribution in [2.24, 2.45) is 5.92 Å². The topological polar surface area (TPSA) is 58.2 Å². The summed E-state index contributed by atoms with van der Waals surface area (Å²) < 4.78 is 0. The predicted octanol–water partition coefficient (Wildman–Crippen LogP) is 6.68. The Bertz CT molecular complexity index is 777. The molecule has 0 saturated carbocycles. The van der Waals surface area contributed by atoms with E-state index >= 15 is 0 Å². The fourth-order valence-corrected chi connectivity index (χ4v) is 3.32. The van der Waals surface area contributed by atoms with Crippen molar-refractivity contribution in [3.8, 4) is 0 Å². The van der Waals surface area contributed by atoms with E-state index < -0.39 is 17.7 Å². The van der Waals surface area contributed by atoms with Crippen molar-refractivity contribution in [2.75, 3.05) is 10.6 Å². The SMILES string of the molecule is CCCCC(C(=O)Nc1ccc(Cl)cc1Cl)C(=O)Nc1ccc(Cl)cc1Cl. The summed E-state index contributed by atoms with van der Waals surface area (Å²) in [5, 5.41) is 6.89. The van der Waals surface area contributed by atoms with Crippen LogP contribution in [0, 0.1) is 5.92 Å². The number of benzene rings is 2. The van der Waals surface area contributed by atoms with Crippen LogP contribution in [0.4, 0.5) is 11.4 Å². The number of hydrogen-bond donors (Lipinski definition) is 2. The van der Waals surface area contributed by atoms with Crippen molar-refractivity contribution in [3.05, 3.63) is 56.5 Å². The summed E-state index contributed by atoms with van der Waals surface area (Å²) in [6.07, 6.45) is 1.96. The van der Waals surface area contributed by atoms with Gasteiger partial charge < -0.3 is 10.6 Å². The van der Waals surface area contributed by atoms with E-state index in [4.69, 9.17) is 46.4 Å². The second kappa shape index (κ2) is 10.2. The number of anilines is 2. The Morgan fingerprint density at radius 3 is 1.67 bits per heavy atom. The number of amides is 2. The van der Waals surface area contributed by atoms with Crippen LogP contribution in [0.15, 0.2) is 36.4 Å². The molecule has 2 N–H and O–H groups in total. The molecular weight excluding hydrogens is 430 g/mol. The molecule has 0 heterocycles. The first-order chi connectivity index (χ1) is 12.8. The molecule has 2 rings (SSSR count). The second-order valence-electron chi connectivity index (χ2n) is 5.92. The monoisotopic (exact) mass is 446 g/mol. The van der Waals surface area contributed by atoms with Crippen molar-refractivity contribution < 1.29 is 9.59 Å². The Morgan fingerprint density at radius 2 is 1.30 bits per heavy atom. The summed E-state index contributed by atoms with van der Waals surface area (Å²) in [7, 11) is 0. The van der Waals surface area contributed by atoms with Gasteiger partial charge in [-0.3, -0.25) is 9.59 Å². The van der Waals surface area contributed by atoms with Crippen molar-refractivity contribution in [1.82, 2.24) is 0 Å². The Morgan fingerprint density at radius 1 is 0.852 bits per heavy atom. The van der Waals surface area contributed by atoms with Gasteiger partial charge in [0.15, 0.2) is 0 Å². The zero-order valence-corrected chi connectivity index (χ0v) is 17.5. The molecule has 0 saturated heterocycles. The number of unbranched alkanes of at least 4 members (excludes halogenated alkanes) is 1. The minimum atomic E-state index is -0.900. The molecule has 0 aliphatic carbocycles. The molecule has 27 heavy (non-hydrogen) atoms. The number of carbonyl (C=O) groups is 2. The van der Waals surface area contributed by atoms with Crippen LogP contribution in [-0.2, 0) is 9.59 Å². The molecule has 0 aliphatic rings. The molecule has 2 amide bonds. The van der Waals surface area contributed by atoms with Gasteiger partial charge in [0.05, 0.1) is 21.4 Å². The van der Waals surface area contributed by atoms with Crippen LogP contribution in [0.25, 0.3) is 0 Å². The zero-order chi connectivity index (χ0) is 20.0. The molecule has 0 atom stereocenters. The lowest BCUT2D eigenvalue weighted by molar-refractivity contribution is -0.129. The fraction of sp³-hybridized carbons (Fsp3) is 0.263. The molecular formula is C19H18Cl4N2O2. The highest BCUT2D eigenvalue weighted by atomic mass is 35.5. The molecule has 2 aromatic carbocycles. The van der Waals surface area contributed by atoms with E-state index in [9.17, 15) is 9.59 Å². The maximum atomic E-state index is 12.7. The van der Waals surface area contributed by atoms with Gasteiger partial charge in [0.25, 0.3) is 0 Å². The number of nitrogens with one attached hydrogen (secondary N) is 2. The smallest absolute Gasteiger partial charge is 0.236 e. The van der Waals surface area contributed by atoms with Crippen LogP contribution < -0.4 is 10.6 Å². The average Bonchev–Trinajstić information content (AvgIpc) is 2.60. The summed E-state index contributed by atoms with van der Waals surface area (Å²) in [5.74, 6) is -1.80. The van der Waals surface area contributed by atoms with Crippen LogP contribution in [0.2, 0.25) is 20.1 Å². The van der Waals surface area contributed by atoms with Gasteiger partial charge in [0.1, 0.15) is 5.92 Å². The highest BCUT2D eigenvalue weighted by Gasteiger charge is 2.27. The highest BCUT2D eigenvalue weighted by molar-refractivity contribution is 6.37. The Kier molecular flexibility index (Phi) is 8.24. The fourth-order valence-electron chi connectivity index (χ4n) is 2.41.